The lowest BCUT2D eigenvalue weighted by Crippen LogP contribution is -2.27. The first-order valence-corrected chi connectivity index (χ1v) is 9.86. The monoisotopic (exact) mass is 349 g/mol. The predicted molar refractivity (Wildman–Crippen MR) is 92.5 cm³/mol. The maximum atomic E-state index is 12.2. The van der Waals surface area contributed by atoms with E-state index in [9.17, 15) is 8.42 Å². The summed E-state index contributed by atoms with van der Waals surface area (Å²) < 4.78 is 34.4. The highest BCUT2D eigenvalue weighted by Gasteiger charge is 2.14. The Morgan fingerprint density at radius 2 is 2.21 bits per heavy atom. The van der Waals surface area contributed by atoms with Gasteiger partial charge in [0.25, 0.3) is 0 Å². The highest BCUT2D eigenvalue weighted by Crippen LogP contribution is 2.16. The van der Waals surface area contributed by atoms with Crippen LogP contribution < -0.4 is 9.46 Å². The van der Waals surface area contributed by atoms with Gasteiger partial charge in [-0.1, -0.05) is 12.1 Å². The molecule has 0 saturated carbocycles. The molecule has 1 aliphatic rings. The molecule has 1 aliphatic heterocycles. The number of ether oxygens (including phenoxy) is 1. The van der Waals surface area contributed by atoms with E-state index in [0.29, 0.717) is 24.3 Å². The second-order valence-electron chi connectivity index (χ2n) is 6.05. The van der Waals surface area contributed by atoms with Crippen LogP contribution in [-0.4, -0.2) is 31.6 Å². The first-order chi connectivity index (χ1) is 11.6. The molecular formula is C17H23N3O3S. The summed E-state index contributed by atoms with van der Waals surface area (Å²) in [5, 5.41) is 0. The molecule has 0 spiro atoms. The molecule has 0 amide bonds. The molecule has 3 rings (SSSR count). The van der Waals surface area contributed by atoms with Crippen molar-refractivity contribution in [3.05, 3.63) is 47.5 Å². The Balaban J connectivity index is 1.54. The van der Waals surface area contributed by atoms with Crippen molar-refractivity contribution in [3.8, 4) is 5.75 Å². The number of hydrogen-bond acceptors (Lipinski definition) is 4. The minimum atomic E-state index is -3.37. The summed E-state index contributed by atoms with van der Waals surface area (Å²) in [5.41, 5.74) is 1.66. The zero-order valence-electron chi connectivity index (χ0n) is 13.9. The van der Waals surface area contributed by atoms with Gasteiger partial charge in [-0.2, -0.15) is 0 Å². The maximum absolute atomic E-state index is 12.2. The van der Waals surface area contributed by atoms with E-state index in [4.69, 9.17) is 4.74 Å². The van der Waals surface area contributed by atoms with Crippen molar-refractivity contribution >= 4 is 10.0 Å². The summed E-state index contributed by atoms with van der Waals surface area (Å²) >= 11 is 0. The number of rotatable bonds is 7. The number of sulfonamides is 1. The first kappa shape index (κ1) is 17.0. The molecule has 0 bridgehead atoms. The lowest BCUT2D eigenvalue weighted by Gasteiger charge is -2.11. The van der Waals surface area contributed by atoms with Gasteiger partial charge >= 0.3 is 0 Å². The summed E-state index contributed by atoms with van der Waals surface area (Å²) in [6, 6.07) is 7.11. The summed E-state index contributed by atoms with van der Waals surface area (Å²) in [6.45, 7) is 1.38. The number of nitrogens with zero attached hydrogens (tertiary/aromatic N) is 2. The quantitative estimate of drug-likeness (QED) is 0.828. The highest BCUT2D eigenvalue weighted by atomic mass is 32.2. The Morgan fingerprint density at radius 1 is 1.33 bits per heavy atom. The summed E-state index contributed by atoms with van der Waals surface area (Å²) in [6.07, 6.45) is 6.04. The van der Waals surface area contributed by atoms with Crippen molar-refractivity contribution in [2.45, 2.75) is 38.0 Å². The third kappa shape index (κ3) is 4.36. The number of aromatic nitrogens is 2. The van der Waals surface area contributed by atoms with Crippen LogP contribution in [0.1, 0.15) is 29.9 Å². The van der Waals surface area contributed by atoms with Crippen LogP contribution in [0, 0.1) is 0 Å². The molecule has 0 radical (unpaired) electrons. The molecule has 0 unspecified atom stereocenters. The molecule has 1 aromatic heterocycles. The summed E-state index contributed by atoms with van der Waals surface area (Å²) in [7, 11) is -1.81. The molecule has 1 N–H and O–H groups in total. The number of methoxy groups -OCH3 is 1. The molecular weight excluding hydrogens is 326 g/mol. The fraction of sp³-hybridized carbons (Fsp3) is 0.471. The van der Waals surface area contributed by atoms with E-state index in [1.165, 1.54) is 12.8 Å². The van der Waals surface area contributed by atoms with Gasteiger partial charge in [-0.25, -0.2) is 18.1 Å². The van der Waals surface area contributed by atoms with Crippen LogP contribution in [0.5, 0.6) is 5.75 Å². The van der Waals surface area contributed by atoms with E-state index in [0.717, 1.165) is 24.5 Å². The Bertz CT molecular complexity index is 776. The Labute approximate surface area is 142 Å². The van der Waals surface area contributed by atoms with Gasteiger partial charge in [0.2, 0.25) is 10.0 Å². The minimum Gasteiger partial charge on any atom is -0.497 e. The van der Waals surface area contributed by atoms with E-state index >= 15 is 0 Å². The van der Waals surface area contributed by atoms with Crippen molar-refractivity contribution < 1.29 is 13.2 Å². The smallest absolute Gasteiger partial charge is 0.215 e. The fourth-order valence-corrected chi connectivity index (χ4v) is 4.09. The van der Waals surface area contributed by atoms with Gasteiger partial charge in [0.1, 0.15) is 11.6 Å². The van der Waals surface area contributed by atoms with Crippen LogP contribution in [0.4, 0.5) is 0 Å². The molecule has 2 heterocycles. The highest BCUT2D eigenvalue weighted by molar-refractivity contribution is 7.88. The van der Waals surface area contributed by atoms with Crippen LogP contribution in [-0.2, 0) is 35.2 Å². The molecule has 0 aliphatic carbocycles. The van der Waals surface area contributed by atoms with Crippen LogP contribution in [0.25, 0.3) is 0 Å². The van der Waals surface area contributed by atoms with Gasteiger partial charge in [0.05, 0.1) is 18.6 Å². The molecule has 1 aromatic carbocycles. The minimum absolute atomic E-state index is 0.0517. The van der Waals surface area contributed by atoms with Gasteiger partial charge < -0.3 is 9.30 Å². The lowest BCUT2D eigenvalue weighted by molar-refractivity contribution is 0.414. The van der Waals surface area contributed by atoms with Crippen LogP contribution >= 0.6 is 0 Å². The number of nitrogens with one attached hydrogen (secondary N) is 1. The molecule has 0 saturated heterocycles. The number of benzene rings is 1. The Hall–Kier alpha value is -1.86. The van der Waals surface area contributed by atoms with Crippen molar-refractivity contribution in [2.75, 3.05) is 13.7 Å². The molecule has 24 heavy (non-hydrogen) atoms. The van der Waals surface area contributed by atoms with E-state index in [-0.39, 0.29) is 5.75 Å². The zero-order valence-corrected chi connectivity index (χ0v) is 14.7. The molecule has 7 heteroatoms. The summed E-state index contributed by atoms with van der Waals surface area (Å²) in [5.74, 6) is 1.73. The average molecular weight is 349 g/mol. The normalized spacial score (nSPS) is 14.4. The van der Waals surface area contributed by atoms with Crippen molar-refractivity contribution in [3.63, 3.8) is 0 Å². The van der Waals surface area contributed by atoms with Crippen LogP contribution in [0.3, 0.4) is 0 Å². The van der Waals surface area contributed by atoms with Crippen molar-refractivity contribution in [1.82, 2.24) is 14.3 Å². The van der Waals surface area contributed by atoms with Crippen LogP contribution in [0.15, 0.2) is 30.5 Å². The van der Waals surface area contributed by atoms with E-state index in [1.54, 1.807) is 31.4 Å². The van der Waals surface area contributed by atoms with Crippen molar-refractivity contribution in [2.24, 2.45) is 0 Å². The van der Waals surface area contributed by atoms with Crippen molar-refractivity contribution in [1.29, 1.82) is 0 Å². The van der Waals surface area contributed by atoms with Gasteiger partial charge in [0.15, 0.2) is 0 Å². The molecule has 0 fully saturated rings. The second-order valence-corrected chi connectivity index (χ2v) is 7.86. The Kier molecular flexibility index (Phi) is 5.20. The molecule has 130 valence electrons. The fourth-order valence-electron chi connectivity index (χ4n) is 2.96. The van der Waals surface area contributed by atoms with Crippen LogP contribution in [0.2, 0.25) is 0 Å². The Morgan fingerprint density at radius 3 is 3.00 bits per heavy atom. The summed E-state index contributed by atoms with van der Waals surface area (Å²) in [4.78, 5) is 4.59. The van der Waals surface area contributed by atoms with Gasteiger partial charge in [0, 0.05) is 32.1 Å². The standard InChI is InChI=1S/C17H23N3O3S/c1-23-16-6-4-5-14(11-16)13-24(21,22)18-9-8-15-12-20-10-3-2-7-17(20)19-15/h4-6,11-12,18H,2-3,7-10,13H2,1H3. The van der Waals surface area contributed by atoms with Gasteiger partial charge in [-0.3, -0.25) is 0 Å². The van der Waals surface area contributed by atoms with E-state index in [2.05, 4.69) is 14.3 Å². The predicted octanol–water partition coefficient (Wildman–Crippen LogP) is 1.89. The number of hydrogen-bond donors (Lipinski definition) is 1. The SMILES string of the molecule is COc1cccc(CS(=O)(=O)NCCc2cn3c(n2)CCCC3)c1. The average Bonchev–Trinajstić information content (AvgIpc) is 2.97. The maximum Gasteiger partial charge on any atom is 0.215 e. The van der Waals surface area contributed by atoms with E-state index in [1.807, 2.05) is 6.20 Å². The second kappa shape index (κ2) is 7.36. The largest absolute Gasteiger partial charge is 0.497 e. The molecule has 0 atom stereocenters. The number of aryl methyl sites for hydroxylation is 2. The van der Waals surface area contributed by atoms with E-state index < -0.39 is 10.0 Å². The molecule has 2 aromatic rings. The lowest BCUT2D eigenvalue weighted by atomic mass is 10.2. The number of imidazole rings is 1. The first-order valence-electron chi connectivity index (χ1n) is 8.21. The number of fused-ring (bicyclic) bond motifs is 1. The topological polar surface area (TPSA) is 73.2 Å². The van der Waals surface area contributed by atoms with Gasteiger partial charge in [-0.15, -0.1) is 0 Å². The zero-order chi connectivity index (χ0) is 17.0. The third-order valence-corrected chi connectivity index (χ3v) is 5.51. The van der Waals surface area contributed by atoms with Gasteiger partial charge in [-0.05, 0) is 30.5 Å². The molecule has 6 nitrogen and oxygen atoms in total. The third-order valence-electron chi connectivity index (χ3n) is 4.15.